The van der Waals surface area contributed by atoms with Crippen molar-refractivity contribution in [3.8, 4) is 0 Å². The molecule has 6 nitrogen and oxygen atoms in total. The fourth-order valence-electron chi connectivity index (χ4n) is 2.56. The van der Waals surface area contributed by atoms with Crippen LogP contribution in [0.4, 0.5) is 5.69 Å². The van der Waals surface area contributed by atoms with E-state index in [1.54, 1.807) is 36.5 Å². The zero-order chi connectivity index (χ0) is 15.8. The molecule has 4 rings (SSSR count). The summed E-state index contributed by atoms with van der Waals surface area (Å²) in [5.41, 5.74) is 1.98. The van der Waals surface area contributed by atoms with E-state index in [4.69, 9.17) is 0 Å². The van der Waals surface area contributed by atoms with Crippen molar-refractivity contribution in [2.45, 2.75) is 0 Å². The number of nitrogens with one attached hydrogen (secondary N) is 3. The standard InChI is InChI=1S/C17H12N4O2/c22-16-12-3-1-2-4-15(12)18-9-13(16)17(23)20-11-5-6-14-10(7-11)8-19-21-14/h1-9H,(H,18,22)(H,19,21)(H,20,23). The number of carbonyl (C=O) groups is 1. The van der Waals surface area contributed by atoms with Gasteiger partial charge in [0, 0.05) is 28.2 Å². The topological polar surface area (TPSA) is 90.6 Å². The minimum absolute atomic E-state index is 0.0796. The second-order valence-corrected chi connectivity index (χ2v) is 5.20. The Hall–Kier alpha value is -3.41. The molecule has 0 saturated heterocycles. The number of aromatic nitrogens is 3. The summed E-state index contributed by atoms with van der Waals surface area (Å²) in [5, 5.41) is 10.9. The predicted octanol–water partition coefficient (Wildman–Crippen LogP) is 2.66. The Balaban J connectivity index is 1.71. The number of rotatable bonds is 2. The highest BCUT2D eigenvalue weighted by Gasteiger charge is 2.13. The molecular formula is C17H12N4O2. The Morgan fingerprint density at radius 1 is 1.09 bits per heavy atom. The molecule has 2 heterocycles. The van der Waals surface area contributed by atoms with Gasteiger partial charge in [-0.05, 0) is 30.3 Å². The van der Waals surface area contributed by atoms with Gasteiger partial charge in [-0.15, -0.1) is 0 Å². The average molecular weight is 304 g/mol. The maximum Gasteiger partial charge on any atom is 0.261 e. The minimum Gasteiger partial charge on any atom is -0.360 e. The number of anilines is 1. The summed E-state index contributed by atoms with van der Waals surface area (Å²) in [6.45, 7) is 0. The number of hydrogen-bond acceptors (Lipinski definition) is 3. The molecule has 1 amide bonds. The smallest absolute Gasteiger partial charge is 0.261 e. The van der Waals surface area contributed by atoms with E-state index < -0.39 is 5.91 Å². The summed E-state index contributed by atoms with van der Waals surface area (Å²) in [7, 11) is 0. The molecule has 2 aromatic heterocycles. The first-order valence-corrected chi connectivity index (χ1v) is 7.07. The van der Waals surface area contributed by atoms with Crippen molar-refractivity contribution >= 4 is 33.4 Å². The number of H-pyrrole nitrogens is 2. The van der Waals surface area contributed by atoms with Gasteiger partial charge < -0.3 is 10.3 Å². The van der Waals surface area contributed by atoms with E-state index in [1.807, 2.05) is 12.1 Å². The van der Waals surface area contributed by atoms with Crippen molar-refractivity contribution in [1.82, 2.24) is 15.2 Å². The normalized spacial score (nSPS) is 11.0. The van der Waals surface area contributed by atoms with Crippen molar-refractivity contribution in [2.75, 3.05) is 5.32 Å². The Kier molecular flexibility index (Phi) is 2.94. The Bertz CT molecular complexity index is 1090. The molecule has 0 radical (unpaired) electrons. The van der Waals surface area contributed by atoms with Gasteiger partial charge in [0.05, 0.1) is 11.7 Å². The van der Waals surface area contributed by atoms with Crippen LogP contribution in [-0.2, 0) is 0 Å². The van der Waals surface area contributed by atoms with Crippen LogP contribution in [-0.4, -0.2) is 21.1 Å². The molecule has 0 bridgehead atoms. The second-order valence-electron chi connectivity index (χ2n) is 5.20. The summed E-state index contributed by atoms with van der Waals surface area (Å²) in [5.74, 6) is -0.445. The van der Waals surface area contributed by atoms with Crippen LogP contribution in [0.15, 0.2) is 59.7 Å². The number of pyridine rings is 1. The van der Waals surface area contributed by atoms with Crippen LogP contribution in [0, 0.1) is 0 Å². The molecule has 0 unspecified atom stereocenters. The fourth-order valence-corrected chi connectivity index (χ4v) is 2.56. The highest BCUT2D eigenvalue weighted by atomic mass is 16.2. The number of benzene rings is 2. The molecule has 23 heavy (non-hydrogen) atoms. The van der Waals surface area contributed by atoms with Crippen molar-refractivity contribution in [3.63, 3.8) is 0 Å². The lowest BCUT2D eigenvalue weighted by Gasteiger charge is -2.06. The number of amides is 1. The Morgan fingerprint density at radius 3 is 2.87 bits per heavy atom. The van der Waals surface area contributed by atoms with E-state index >= 15 is 0 Å². The van der Waals surface area contributed by atoms with Crippen molar-refractivity contribution in [1.29, 1.82) is 0 Å². The monoisotopic (exact) mass is 304 g/mol. The van der Waals surface area contributed by atoms with Crippen molar-refractivity contribution in [2.24, 2.45) is 0 Å². The highest BCUT2D eigenvalue weighted by Crippen LogP contribution is 2.17. The largest absolute Gasteiger partial charge is 0.360 e. The average Bonchev–Trinajstić information content (AvgIpc) is 3.03. The van der Waals surface area contributed by atoms with Crippen LogP contribution in [0.25, 0.3) is 21.8 Å². The van der Waals surface area contributed by atoms with E-state index in [9.17, 15) is 9.59 Å². The molecular weight excluding hydrogens is 292 g/mol. The number of aromatic amines is 2. The lowest BCUT2D eigenvalue weighted by Crippen LogP contribution is -2.21. The molecule has 0 saturated carbocycles. The Morgan fingerprint density at radius 2 is 1.96 bits per heavy atom. The number of carbonyl (C=O) groups excluding carboxylic acids is 1. The number of hydrogen-bond donors (Lipinski definition) is 3. The summed E-state index contributed by atoms with van der Waals surface area (Å²) in [4.78, 5) is 27.8. The fraction of sp³-hybridized carbons (Fsp3) is 0. The minimum atomic E-state index is -0.445. The van der Waals surface area contributed by atoms with Crippen LogP contribution in [0.3, 0.4) is 0 Å². The van der Waals surface area contributed by atoms with Gasteiger partial charge in [0.25, 0.3) is 5.91 Å². The van der Waals surface area contributed by atoms with E-state index in [0.29, 0.717) is 16.6 Å². The van der Waals surface area contributed by atoms with E-state index in [-0.39, 0.29) is 11.0 Å². The van der Waals surface area contributed by atoms with Gasteiger partial charge in [0.15, 0.2) is 0 Å². The summed E-state index contributed by atoms with van der Waals surface area (Å²) in [6, 6.07) is 12.5. The molecule has 0 aliphatic heterocycles. The lowest BCUT2D eigenvalue weighted by molar-refractivity contribution is 0.102. The van der Waals surface area contributed by atoms with Crippen molar-refractivity contribution in [3.05, 3.63) is 70.6 Å². The van der Waals surface area contributed by atoms with Crippen LogP contribution >= 0.6 is 0 Å². The van der Waals surface area contributed by atoms with Crippen molar-refractivity contribution < 1.29 is 4.79 Å². The third kappa shape index (κ3) is 2.26. The maximum absolute atomic E-state index is 12.4. The summed E-state index contributed by atoms with van der Waals surface area (Å²) >= 11 is 0. The molecule has 112 valence electrons. The second kappa shape index (κ2) is 5.10. The zero-order valence-electron chi connectivity index (χ0n) is 12.0. The van der Waals surface area contributed by atoms with Gasteiger partial charge in [0.2, 0.25) is 5.43 Å². The van der Waals surface area contributed by atoms with Gasteiger partial charge in [-0.25, -0.2) is 0 Å². The number of para-hydroxylation sites is 1. The molecule has 6 heteroatoms. The summed E-state index contributed by atoms with van der Waals surface area (Å²) < 4.78 is 0. The number of fused-ring (bicyclic) bond motifs is 2. The third-order valence-electron chi connectivity index (χ3n) is 3.73. The first-order chi connectivity index (χ1) is 11.2. The van der Waals surface area contributed by atoms with Gasteiger partial charge in [-0.2, -0.15) is 5.10 Å². The van der Waals surface area contributed by atoms with Gasteiger partial charge in [0.1, 0.15) is 5.56 Å². The molecule has 0 spiro atoms. The van der Waals surface area contributed by atoms with E-state index in [0.717, 1.165) is 10.9 Å². The molecule has 0 fully saturated rings. The molecule has 4 aromatic rings. The predicted molar refractivity (Wildman–Crippen MR) is 88.6 cm³/mol. The van der Waals surface area contributed by atoms with Crippen LogP contribution < -0.4 is 10.7 Å². The van der Waals surface area contributed by atoms with E-state index in [1.165, 1.54) is 6.20 Å². The van der Waals surface area contributed by atoms with E-state index in [2.05, 4.69) is 20.5 Å². The molecule has 2 aromatic carbocycles. The quantitative estimate of drug-likeness (QED) is 0.531. The molecule has 0 atom stereocenters. The summed E-state index contributed by atoms with van der Waals surface area (Å²) in [6.07, 6.45) is 3.12. The first kappa shape index (κ1) is 13.3. The lowest BCUT2D eigenvalue weighted by atomic mass is 10.1. The molecule has 0 aliphatic rings. The zero-order valence-corrected chi connectivity index (χ0v) is 12.0. The van der Waals surface area contributed by atoms with Crippen LogP contribution in [0.5, 0.6) is 0 Å². The van der Waals surface area contributed by atoms with Gasteiger partial charge >= 0.3 is 0 Å². The first-order valence-electron chi connectivity index (χ1n) is 7.07. The SMILES string of the molecule is O=C(Nc1ccc2[nH]ncc2c1)c1c[nH]c2ccccc2c1=O. The number of nitrogens with zero attached hydrogens (tertiary/aromatic N) is 1. The third-order valence-corrected chi connectivity index (χ3v) is 3.73. The molecule has 3 N–H and O–H groups in total. The van der Waals surface area contributed by atoms with Gasteiger partial charge in [-0.3, -0.25) is 14.7 Å². The van der Waals surface area contributed by atoms with Crippen LogP contribution in [0.2, 0.25) is 0 Å². The Labute approximate surface area is 130 Å². The maximum atomic E-state index is 12.4. The molecule has 0 aliphatic carbocycles. The highest BCUT2D eigenvalue weighted by molar-refractivity contribution is 6.06. The van der Waals surface area contributed by atoms with Crippen LogP contribution in [0.1, 0.15) is 10.4 Å². The van der Waals surface area contributed by atoms with Gasteiger partial charge in [-0.1, -0.05) is 12.1 Å².